The number of aromatic nitrogens is 4. The Hall–Kier alpha value is -3.88. The van der Waals surface area contributed by atoms with E-state index in [1.807, 2.05) is 12.1 Å². The predicted molar refractivity (Wildman–Crippen MR) is 103 cm³/mol. The summed E-state index contributed by atoms with van der Waals surface area (Å²) < 4.78 is 32.0. The number of hydrogen-bond acceptors (Lipinski definition) is 7. The topological polar surface area (TPSA) is 82.8 Å². The van der Waals surface area contributed by atoms with Crippen LogP contribution >= 0.6 is 0 Å². The first kappa shape index (κ1) is 17.2. The van der Waals surface area contributed by atoms with Gasteiger partial charge in [-0.3, -0.25) is 0 Å². The third kappa shape index (κ3) is 3.38. The van der Waals surface area contributed by atoms with E-state index >= 15 is 0 Å². The minimum Gasteiger partial charge on any atom is -0.492 e. The lowest BCUT2D eigenvalue weighted by Gasteiger charge is -2.09. The molecule has 146 valence electrons. The molecule has 8 nitrogen and oxygen atoms in total. The molecule has 0 saturated carbocycles. The van der Waals surface area contributed by atoms with E-state index in [4.69, 9.17) is 14.2 Å². The van der Waals surface area contributed by atoms with Gasteiger partial charge in [-0.25, -0.2) is 4.39 Å². The molecule has 2 aromatic heterocycles. The first-order valence-electron chi connectivity index (χ1n) is 9.02. The molecule has 0 atom stereocenters. The Morgan fingerprint density at radius 1 is 1.03 bits per heavy atom. The second-order valence-corrected chi connectivity index (χ2v) is 6.28. The molecule has 1 aliphatic heterocycles. The molecule has 3 heterocycles. The molecular weight excluding hydrogens is 377 g/mol. The van der Waals surface area contributed by atoms with E-state index in [0.717, 1.165) is 0 Å². The highest BCUT2D eigenvalue weighted by atomic mass is 19.1. The van der Waals surface area contributed by atoms with Gasteiger partial charge in [-0.15, -0.1) is 15.3 Å². The van der Waals surface area contributed by atoms with Crippen LogP contribution in [0.15, 0.2) is 54.6 Å². The van der Waals surface area contributed by atoms with Crippen molar-refractivity contribution in [3.63, 3.8) is 0 Å². The van der Waals surface area contributed by atoms with Crippen LogP contribution in [0.2, 0.25) is 0 Å². The normalized spacial score (nSPS) is 12.3. The Balaban J connectivity index is 1.26. The average Bonchev–Trinajstić information content (AvgIpc) is 3.38. The van der Waals surface area contributed by atoms with E-state index in [1.165, 1.54) is 10.6 Å². The zero-order valence-corrected chi connectivity index (χ0v) is 15.2. The van der Waals surface area contributed by atoms with Gasteiger partial charge in [0.25, 0.3) is 0 Å². The summed E-state index contributed by atoms with van der Waals surface area (Å²) in [6.07, 6.45) is 0. The Bertz CT molecular complexity index is 1180. The monoisotopic (exact) mass is 393 g/mol. The Labute approximate surface area is 164 Å². The van der Waals surface area contributed by atoms with Crippen LogP contribution in [0.4, 0.5) is 10.2 Å². The maximum Gasteiger partial charge on any atom is 0.231 e. The lowest BCUT2D eigenvalue weighted by molar-refractivity contribution is 0.174. The molecule has 0 bridgehead atoms. The number of ether oxygens (including phenoxy) is 3. The SMILES string of the molecule is Fc1ccccc1-c1nnc2ccc(NCCOc3ccc4c(c3)OCO4)nn12. The van der Waals surface area contributed by atoms with E-state index in [-0.39, 0.29) is 12.6 Å². The van der Waals surface area contributed by atoms with Crippen LogP contribution in [0.5, 0.6) is 17.2 Å². The van der Waals surface area contributed by atoms with Gasteiger partial charge in [0.05, 0.1) is 12.1 Å². The van der Waals surface area contributed by atoms with Crippen molar-refractivity contribution in [2.45, 2.75) is 0 Å². The first-order valence-corrected chi connectivity index (χ1v) is 9.02. The second kappa shape index (κ2) is 7.27. The lowest BCUT2D eigenvalue weighted by Crippen LogP contribution is -2.13. The number of nitrogens with one attached hydrogen (secondary N) is 1. The Morgan fingerprint density at radius 2 is 1.93 bits per heavy atom. The van der Waals surface area contributed by atoms with Crippen molar-refractivity contribution in [2.24, 2.45) is 0 Å². The number of hydrogen-bond donors (Lipinski definition) is 1. The zero-order valence-electron chi connectivity index (χ0n) is 15.2. The summed E-state index contributed by atoms with van der Waals surface area (Å²) in [5.41, 5.74) is 0.876. The number of halogens is 1. The molecule has 1 N–H and O–H groups in total. The van der Waals surface area contributed by atoms with Gasteiger partial charge in [0.2, 0.25) is 6.79 Å². The molecule has 0 aliphatic carbocycles. The van der Waals surface area contributed by atoms with E-state index in [0.29, 0.717) is 53.3 Å². The van der Waals surface area contributed by atoms with E-state index in [2.05, 4.69) is 20.6 Å². The maximum atomic E-state index is 14.1. The van der Waals surface area contributed by atoms with E-state index in [9.17, 15) is 4.39 Å². The largest absolute Gasteiger partial charge is 0.492 e. The predicted octanol–water partition coefficient (Wildman–Crippen LogP) is 3.15. The van der Waals surface area contributed by atoms with Gasteiger partial charge in [0, 0.05) is 6.07 Å². The van der Waals surface area contributed by atoms with Crippen molar-refractivity contribution in [1.29, 1.82) is 0 Å². The second-order valence-electron chi connectivity index (χ2n) is 6.28. The molecule has 0 saturated heterocycles. The van der Waals surface area contributed by atoms with Gasteiger partial charge < -0.3 is 19.5 Å². The Morgan fingerprint density at radius 3 is 2.86 bits per heavy atom. The molecule has 0 spiro atoms. The van der Waals surface area contributed by atoms with Gasteiger partial charge in [-0.2, -0.15) is 4.52 Å². The minimum atomic E-state index is -0.376. The fourth-order valence-corrected chi connectivity index (χ4v) is 3.01. The molecular formula is C20H16FN5O3. The van der Waals surface area contributed by atoms with E-state index < -0.39 is 0 Å². The van der Waals surface area contributed by atoms with Gasteiger partial charge in [0.1, 0.15) is 24.0 Å². The van der Waals surface area contributed by atoms with E-state index in [1.54, 1.807) is 36.4 Å². The lowest BCUT2D eigenvalue weighted by atomic mass is 10.2. The smallest absolute Gasteiger partial charge is 0.231 e. The molecule has 5 rings (SSSR count). The van der Waals surface area contributed by atoms with Crippen LogP contribution in [-0.4, -0.2) is 39.8 Å². The summed E-state index contributed by atoms with van der Waals surface area (Å²) in [5, 5.41) is 15.8. The van der Waals surface area contributed by atoms with Crippen LogP contribution in [0.1, 0.15) is 0 Å². The number of anilines is 1. The van der Waals surface area contributed by atoms with Gasteiger partial charge in [-0.1, -0.05) is 12.1 Å². The summed E-state index contributed by atoms with van der Waals surface area (Å²) in [4.78, 5) is 0. The number of nitrogens with zero attached hydrogens (tertiary/aromatic N) is 4. The Kier molecular flexibility index (Phi) is 4.32. The van der Waals surface area contributed by atoms with Crippen molar-refractivity contribution in [2.75, 3.05) is 25.3 Å². The van der Waals surface area contributed by atoms with Crippen molar-refractivity contribution < 1.29 is 18.6 Å². The minimum absolute atomic E-state index is 0.229. The van der Waals surface area contributed by atoms with Crippen LogP contribution < -0.4 is 19.5 Å². The number of benzene rings is 2. The zero-order chi connectivity index (χ0) is 19.6. The van der Waals surface area contributed by atoms with Crippen molar-refractivity contribution in [3.05, 3.63) is 60.4 Å². The third-order valence-corrected chi connectivity index (χ3v) is 4.40. The summed E-state index contributed by atoms with van der Waals surface area (Å²) in [6, 6.07) is 15.4. The highest BCUT2D eigenvalue weighted by Crippen LogP contribution is 2.35. The van der Waals surface area contributed by atoms with Crippen molar-refractivity contribution >= 4 is 11.5 Å². The van der Waals surface area contributed by atoms with Crippen molar-refractivity contribution in [1.82, 2.24) is 19.8 Å². The quantitative estimate of drug-likeness (QED) is 0.504. The molecule has 0 amide bonds. The third-order valence-electron chi connectivity index (χ3n) is 4.40. The molecule has 29 heavy (non-hydrogen) atoms. The molecule has 2 aromatic carbocycles. The summed E-state index contributed by atoms with van der Waals surface area (Å²) >= 11 is 0. The van der Waals surface area contributed by atoms with Gasteiger partial charge >= 0.3 is 0 Å². The summed E-state index contributed by atoms with van der Waals surface area (Å²) in [5.74, 6) is 2.66. The van der Waals surface area contributed by atoms with Crippen LogP contribution in [0.25, 0.3) is 17.0 Å². The number of fused-ring (bicyclic) bond motifs is 2. The molecule has 0 unspecified atom stereocenters. The maximum absolute atomic E-state index is 14.1. The molecule has 0 fully saturated rings. The molecule has 4 aromatic rings. The van der Waals surface area contributed by atoms with Gasteiger partial charge in [-0.05, 0) is 36.4 Å². The molecule has 0 radical (unpaired) electrons. The highest BCUT2D eigenvalue weighted by Gasteiger charge is 2.14. The van der Waals surface area contributed by atoms with Gasteiger partial charge in [0.15, 0.2) is 23.0 Å². The highest BCUT2D eigenvalue weighted by molar-refractivity contribution is 5.60. The average molecular weight is 393 g/mol. The van der Waals surface area contributed by atoms with Crippen LogP contribution in [0.3, 0.4) is 0 Å². The number of rotatable bonds is 6. The first-order chi connectivity index (χ1) is 14.3. The summed E-state index contributed by atoms with van der Waals surface area (Å²) in [6.45, 7) is 1.16. The van der Waals surface area contributed by atoms with Crippen molar-refractivity contribution in [3.8, 4) is 28.6 Å². The summed E-state index contributed by atoms with van der Waals surface area (Å²) in [7, 11) is 0. The molecule has 9 heteroatoms. The standard InChI is InChI=1S/C20H16FN5O3/c21-15-4-2-1-3-14(15)20-24-23-19-8-7-18(25-26(19)20)22-9-10-27-13-5-6-16-17(11-13)29-12-28-16/h1-8,11H,9-10,12H2,(H,22,25). The fourth-order valence-electron chi connectivity index (χ4n) is 3.01. The van der Waals surface area contributed by atoms with Crippen LogP contribution in [-0.2, 0) is 0 Å². The fraction of sp³-hybridized carbons (Fsp3) is 0.150. The van der Waals surface area contributed by atoms with Crippen LogP contribution in [0, 0.1) is 5.82 Å². The molecule has 1 aliphatic rings.